The Labute approximate surface area is 94.4 Å². The first-order valence-corrected chi connectivity index (χ1v) is 6.57. The van der Waals surface area contributed by atoms with Gasteiger partial charge >= 0.3 is 0 Å². The Morgan fingerprint density at radius 2 is 1.80 bits per heavy atom. The number of hydrogen-bond acceptors (Lipinski definition) is 2. The SMILES string of the molecule is CC1CCC(N2CCNCC2(C)C)CC1. The molecule has 1 saturated carbocycles. The fourth-order valence-corrected chi connectivity index (χ4v) is 3.23. The predicted octanol–water partition coefficient (Wildman–Crippen LogP) is 2.25. The van der Waals surface area contributed by atoms with Crippen molar-refractivity contribution in [3.8, 4) is 0 Å². The summed E-state index contributed by atoms with van der Waals surface area (Å²) in [6.45, 7) is 10.7. The highest BCUT2D eigenvalue weighted by Crippen LogP contribution is 2.31. The van der Waals surface area contributed by atoms with Crippen LogP contribution in [0.15, 0.2) is 0 Å². The van der Waals surface area contributed by atoms with Gasteiger partial charge in [0.15, 0.2) is 0 Å². The van der Waals surface area contributed by atoms with Gasteiger partial charge in [-0.1, -0.05) is 6.92 Å². The Hall–Kier alpha value is -0.0800. The summed E-state index contributed by atoms with van der Waals surface area (Å²) in [6, 6.07) is 0.860. The topological polar surface area (TPSA) is 15.3 Å². The van der Waals surface area contributed by atoms with Gasteiger partial charge in [-0.25, -0.2) is 0 Å². The summed E-state index contributed by atoms with van der Waals surface area (Å²) < 4.78 is 0. The zero-order valence-electron chi connectivity index (χ0n) is 10.6. The maximum atomic E-state index is 3.51. The first-order valence-electron chi connectivity index (χ1n) is 6.57. The lowest BCUT2D eigenvalue weighted by Crippen LogP contribution is -2.61. The third kappa shape index (κ3) is 2.54. The fraction of sp³-hybridized carbons (Fsp3) is 1.00. The van der Waals surface area contributed by atoms with Crippen molar-refractivity contribution >= 4 is 0 Å². The second-order valence-electron chi connectivity index (χ2n) is 6.10. The van der Waals surface area contributed by atoms with Crippen LogP contribution in [0.3, 0.4) is 0 Å². The zero-order chi connectivity index (χ0) is 10.9. The van der Waals surface area contributed by atoms with Gasteiger partial charge < -0.3 is 5.32 Å². The fourth-order valence-electron chi connectivity index (χ4n) is 3.23. The Kier molecular flexibility index (Phi) is 3.36. The molecule has 0 bridgehead atoms. The van der Waals surface area contributed by atoms with Crippen LogP contribution in [-0.2, 0) is 0 Å². The Morgan fingerprint density at radius 3 is 2.40 bits per heavy atom. The highest BCUT2D eigenvalue weighted by molar-refractivity contribution is 4.93. The van der Waals surface area contributed by atoms with Crippen molar-refractivity contribution in [3.63, 3.8) is 0 Å². The molecule has 1 aliphatic carbocycles. The highest BCUT2D eigenvalue weighted by Gasteiger charge is 2.35. The maximum Gasteiger partial charge on any atom is 0.0281 e. The molecule has 0 atom stereocenters. The predicted molar refractivity (Wildman–Crippen MR) is 65.1 cm³/mol. The van der Waals surface area contributed by atoms with Crippen LogP contribution in [0.1, 0.15) is 46.5 Å². The minimum atomic E-state index is 0.365. The van der Waals surface area contributed by atoms with Crippen molar-refractivity contribution in [2.24, 2.45) is 5.92 Å². The largest absolute Gasteiger partial charge is 0.314 e. The molecule has 1 aliphatic heterocycles. The average Bonchev–Trinajstić information content (AvgIpc) is 2.19. The molecule has 2 nitrogen and oxygen atoms in total. The van der Waals surface area contributed by atoms with Crippen LogP contribution in [0, 0.1) is 5.92 Å². The van der Waals surface area contributed by atoms with Gasteiger partial charge in [-0.05, 0) is 45.4 Å². The second-order valence-corrected chi connectivity index (χ2v) is 6.10. The molecule has 2 aliphatic rings. The molecule has 0 aromatic rings. The van der Waals surface area contributed by atoms with Crippen LogP contribution in [-0.4, -0.2) is 36.1 Å². The third-order valence-corrected chi connectivity index (χ3v) is 4.29. The molecular formula is C13H26N2. The van der Waals surface area contributed by atoms with Gasteiger partial charge in [-0.2, -0.15) is 0 Å². The Bertz CT molecular complexity index is 205. The molecule has 2 fully saturated rings. The molecule has 15 heavy (non-hydrogen) atoms. The van der Waals surface area contributed by atoms with Gasteiger partial charge in [0.2, 0.25) is 0 Å². The molecule has 0 aromatic carbocycles. The van der Waals surface area contributed by atoms with Crippen molar-refractivity contribution in [2.45, 2.75) is 58.0 Å². The van der Waals surface area contributed by atoms with Gasteiger partial charge in [0.1, 0.15) is 0 Å². The Balaban J connectivity index is 1.96. The van der Waals surface area contributed by atoms with E-state index in [4.69, 9.17) is 0 Å². The van der Waals surface area contributed by atoms with Crippen molar-refractivity contribution in [2.75, 3.05) is 19.6 Å². The standard InChI is InChI=1S/C13H26N2/c1-11-4-6-12(7-5-11)15-9-8-14-10-13(15,2)3/h11-12,14H,4-10H2,1-3H3. The zero-order valence-corrected chi connectivity index (χ0v) is 10.6. The minimum Gasteiger partial charge on any atom is -0.314 e. The number of hydrogen-bond donors (Lipinski definition) is 1. The lowest BCUT2D eigenvalue weighted by atomic mass is 9.84. The van der Waals surface area contributed by atoms with E-state index in [0.717, 1.165) is 18.5 Å². The molecule has 0 radical (unpaired) electrons. The van der Waals surface area contributed by atoms with Gasteiger partial charge in [0.05, 0.1) is 0 Å². The van der Waals surface area contributed by atoms with Crippen LogP contribution >= 0.6 is 0 Å². The van der Waals surface area contributed by atoms with Crippen LogP contribution in [0.25, 0.3) is 0 Å². The summed E-state index contributed by atoms with van der Waals surface area (Å²) in [6.07, 6.45) is 5.71. The van der Waals surface area contributed by atoms with E-state index >= 15 is 0 Å². The Morgan fingerprint density at radius 1 is 1.13 bits per heavy atom. The van der Waals surface area contributed by atoms with Crippen LogP contribution < -0.4 is 5.32 Å². The molecule has 0 aromatic heterocycles. The molecular weight excluding hydrogens is 184 g/mol. The molecule has 2 heteroatoms. The first-order chi connectivity index (χ1) is 7.09. The van der Waals surface area contributed by atoms with E-state index in [9.17, 15) is 0 Å². The molecule has 0 unspecified atom stereocenters. The van der Waals surface area contributed by atoms with Gasteiger partial charge in [0.25, 0.3) is 0 Å². The summed E-state index contributed by atoms with van der Waals surface area (Å²) in [4.78, 5) is 2.76. The molecule has 0 spiro atoms. The lowest BCUT2D eigenvalue weighted by molar-refractivity contribution is 0.0228. The molecule has 88 valence electrons. The molecule has 1 N–H and O–H groups in total. The number of piperazine rings is 1. The second kappa shape index (κ2) is 4.42. The summed E-state index contributed by atoms with van der Waals surface area (Å²) in [5.74, 6) is 0.965. The van der Waals surface area contributed by atoms with Crippen LogP contribution in [0.2, 0.25) is 0 Å². The molecule has 1 saturated heterocycles. The smallest absolute Gasteiger partial charge is 0.0281 e. The molecule has 1 heterocycles. The van der Waals surface area contributed by atoms with Crippen molar-refractivity contribution < 1.29 is 0 Å². The third-order valence-electron chi connectivity index (χ3n) is 4.29. The van der Waals surface area contributed by atoms with E-state index < -0.39 is 0 Å². The van der Waals surface area contributed by atoms with Gasteiger partial charge in [-0.15, -0.1) is 0 Å². The summed E-state index contributed by atoms with van der Waals surface area (Å²) >= 11 is 0. The number of nitrogens with zero attached hydrogens (tertiary/aromatic N) is 1. The summed E-state index contributed by atoms with van der Waals surface area (Å²) in [5.41, 5.74) is 0.365. The van der Waals surface area contributed by atoms with E-state index in [2.05, 4.69) is 31.0 Å². The van der Waals surface area contributed by atoms with Crippen molar-refractivity contribution in [1.29, 1.82) is 0 Å². The summed E-state index contributed by atoms with van der Waals surface area (Å²) in [5, 5.41) is 3.51. The van der Waals surface area contributed by atoms with Crippen LogP contribution in [0.5, 0.6) is 0 Å². The number of rotatable bonds is 1. The van der Waals surface area contributed by atoms with E-state index in [1.807, 2.05) is 0 Å². The molecule has 0 amide bonds. The van der Waals surface area contributed by atoms with Crippen molar-refractivity contribution in [1.82, 2.24) is 10.2 Å². The van der Waals surface area contributed by atoms with E-state index in [1.165, 1.54) is 38.8 Å². The summed E-state index contributed by atoms with van der Waals surface area (Å²) in [7, 11) is 0. The quantitative estimate of drug-likeness (QED) is 0.714. The monoisotopic (exact) mass is 210 g/mol. The maximum absolute atomic E-state index is 3.51. The lowest BCUT2D eigenvalue weighted by Gasteiger charge is -2.49. The van der Waals surface area contributed by atoms with E-state index in [-0.39, 0.29) is 0 Å². The van der Waals surface area contributed by atoms with Gasteiger partial charge in [0, 0.05) is 31.2 Å². The molecule has 2 rings (SSSR count). The highest BCUT2D eigenvalue weighted by atomic mass is 15.3. The van der Waals surface area contributed by atoms with Crippen LogP contribution in [0.4, 0.5) is 0 Å². The van der Waals surface area contributed by atoms with E-state index in [0.29, 0.717) is 5.54 Å². The van der Waals surface area contributed by atoms with Gasteiger partial charge in [-0.3, -0.25) is 4.90 Å². The minimum absolute atomic E-state index is 0.365. The normalized spacial score (nSPS) is 37.8. The van der Waals surface area contributed by atoms with E-state index in [1.54, 1.807) is 0 Å². The van der Waals surface area contributed by atoms with Crippen molar-refractivity contribution in [3.05, 3.63) is 0 Å². The average molecular weight is 210 g/mol. The first kappa shape index (κ1) is 11.4. The number of nitrogens with one attached hydrogen (secondary N) is 1.